The molecule has 2 rings (SSSR count). The van der Waals surface area contributed by atoms with Crippen LogP contribution in [-0.4, -0.2) is 33.5 Å². The van der Waals surface area contributed by atoms with Crippen LogP contribution in [0.5, 0.6) is 0 Å². The first kappa shape index (κ1) is 14.9. The number of thiazole rings is 1. The van der Waals surface area contributed by atoms with Crippen LogP contribution in [0.3, 0.4) is 0 Å². The average Bonchev–Trinajstić information content (AvgIpc) is 2.81. The molecule has 1 aromatic heterocycles. The Labute approximate surface area is 123 Å². The van der Waals surface area contributed by atoms with Gasteiger partial charge in [-0.1, -0.05) is 12.1 Å². The summed E-state index contributed by atoms with van der Waals surface area (Å²) in [5.41, 5.74) is 1.02. The van der Waals surface area contributed by atoms with Gasteiger partial charge in [0.05, 0.1) is 22.7 Å². The van der Waals surface area contributed by atoms with Crippen molar-refractivity contribution in [1.29, 1.82) is 0 Å². The molecule has 0 saturated carbocycles. The SMILES string of the molecule is CC(C)N(CCC(=O)O)C(C)c1nc2ccccc2s1. The highest BCUT2D eigenvalue weighted by molar-refractivity contribution is 7.18. The third kappa shape index (κ3) is 3.35. The van der Waals surface area contributed by atoms with Crippen molar-refractivity contribution in [3.05, 3.63) is 29.3 Å². The fourth-order valence-electron chi connectivity index (χ4n) is 2.33. The molecule has 2 aromatic rings. The average molecular weight is 292 g/mol. The molecule has 5 heteroatoms. The monoisotopic (exact) mass is 292 g/mol. The number of nitrogens with zero attached hydrogens (tertiary/aromatic N) is 2. The smallest absolute Gasteiger partial charge is 0.304 e. The molecule has 1 aromatic carbocycles. The fraction of sp³-hybridized carbons (Fsp3) is 0.467. The summed E-state index contributed by atoms with van der Waals surface area (Å²) < 4.78 is 1.18. The van der Waals surface area contributed by atoms with E-state index in [-0.39, 0.29) is 18.5 Å². The zero-order valence-corrected chi connectivity index (χ0v) is 12.9. The molecule has 1 heterocycles. The lowest BCUT2D eigenvalue weighted by Crippen LogP contribution is -2.35. The van der Waals surface area contributed by atoms with Gasteiger partial charge in [0.2, 0.25) is 0 Å². The Morgan fingerprint density at radius 3 is 2.65 bits per heavy atom. The number of aromatic nitrogens is 1. The van der Waals surface area contributed by atoms with Gasteiger partial charge in [0.15, 0.2) is 0 Å². The van der Waals surface area contributed by atoms with Crippen LogP contribution in [0.4, 0.5) is 0 Å². The number of hydrogen-bond donors (Lipinski definition) is 1. The van der Waals surface area contributed by atoms with E-state index in [1.54, 1.807) is 11.3 Å². The number of hydrogen-bond acceptors (Lipinski definition) is 4. The van der Waals surface area contributed by atoms with Gasteiger partial charge in [0.1, 0.15) is 5.01 Å². The van der Waals surface area contributed by atoms with Crippen LogP contribution in [0.1, 0.15) is 38.2 Å². The Morgan fingerprint density at radius 1 is 1.35 bits per heavy atom. The van der Waals surface area contributed by atoms with E-state index in [0.717, 1.165) is 10.5 Å². The maximum absolute atomic E-state index is 10.8. The summed E-state index contributed by atoms with van der Waals surface area (Å²) in [4.78, 5) is 17.6. The first-order valence-electron chi connectivity index (χ1n) is 6.82. The Balaban J connectivity index is 2.21. The molecule has 0 spiro atoms. The largest absolute Gasteiger partial charge is 0.481 e. The van der Waals surface area contributed by atoms with Gasteiger partial charge >= 0.3 is 5.97 Å². The minimum absolute atomic E-state index is 0.131. The number of fused-ring (bicyclic) bond motifs is 1. The molecule has 0 bridgehead atoms. The van der Waals surface area contributed by atoms with Crippen molar-refractivity contribution in [3.63, 3.8) is 0 Å². The molecule has 4 nitrogen and oxygen atoms in total. The number of benzene rings is 1. The third-order valence-corrected chi connectivity index (χ3v) is 4.62. The minimum atomic E-state index is -0.757. The number of carboxylic acids is 1. The Bertz CT molecular complexity index is 561. The summed E-state index contributed by atoms with van der Waals surface area (Å²) in [7, 11) is 0. The molecule has 1 N–H and O–H groups in total. The highest BCUT2D eigenvalue weighted by Gasteiger charge is 2.22. The lowest BCUT2D eigenvalue weighted by Gasteiger charge is -2.30. The number of carboxylic acid groups (broad SMARTS) is 1. The minimum Gasteiger partial charge on any atom is -0.481 e. The van der Waals surface area contributed by atoms with Crippen LogP contribution in [-0.2, 0) is 4.79 Å². The molecule has 0 fully saturated rings. The normalized spacial score (nSPS) is 13.2. The molecule has 0 aliphatic heterocycles. The topological polar surface area (TPSA) is 53.4 Å². The van der Waals surface area contributed by atoms with Crippen LogP contribution >= 0.6 is 11.3 Å². The Hall–Kier alpha value is -1.46. The van der Waals surface area contributed by atoms with Gasteiger partial charge in [-0.05, 0) is 32.9 Å². The van der Waals surface area contributed by atoms with E-state index >= 15 is 0 Å². The molecule has 0 saturated heterocycles. The third-order valence-electron chi connectivity index (χ3n) is 3.41. The second kappa shape index (κ2) is 6.33. The number of aliphatic carboxylic acids is 1. The number of para-hydroxylation sites is 1. The van der Waals surface area contributed by atoms with Gasteiger partial charge in [0, 0.05) is 12.6 Å². The zero-order valence-electron chi connectivity index (χ0n) is 12.0. The molecule has 0 amide bonds. The fourth-order valence-corrected chi connectivity index (χ4v) is 3.37. The summed E-state index contributed by atoms with van der Waals surface area (Å²) in [5, 5.41) is 9.92. The maximum atomic E-state index is 10.8. The van der Waals surface area contributed by atoms with Crippen molar-refractivity contribution in [1.82, 2.24) is 9.88 Å². The van der Waals surface area contributed by atoms with Crippen molar-refractivity contribution < 1.29 is 9.90 Å². The van der Waals surface area contributed by atoms with Crippen LogP contribution in [0, 0.1) is 0 Å². The van der Waals surface area contributed by atoms with E-state index in [2.05, 4.69) is 36.7 Å². The summed E-state index contributed by atoms with van der Waals surface area (Å²) in [6, 6.07) is 8.50. The predicted octanol–water partition coefficient (Wildman–Crippen LogP) is 3.54. The van der Waals surface area contributed by atoms with Crippen molar-refractivity contribution in [2.24, 2.45) is 0 Å². The van der Waals surface area contributed by atoms with Gasteiger partial charge in [-0.15, -0.1) is 11.3 Å². The van der Waals surface area contributed by atoms with Crippen LogP contribution in [0.15, 0.2) is 24.3 Å². The highest BCUT2D eigenvalue weighted by atomic mass is 32.1. The van der Waals surface area contributed by atoms with E-state index < -0.39 is 5.97 Å². The zero-order chi connectivity index (χ0) is 14.7. The summed E-state index contributed by atoms with van der Waals surface area (Å²) in [6.07, 6.45) is 0.160. The van der Waals surface area contributed by atoms with Crippen molar-refractivity contribution in [2.75, 3.05) is 6.54 Å². The second-order valence-corrected chi connectivity index (χ2v) is 6.23. The van der Waals surface area contributed by atoms with Crippen LogP contribution < -0.4 is 0 Å². The Kier molecular flexibility index (Phi) is 4.73. The quantitative estimate of drug-likeness (QED) is 0.884. The van der Waals surface area contributed by atoms with Gasteiger partial charge in [-0.25, -0.2) is 4.98 Å². The number of carbonyl (C=O) groups is 1. The molecule has 1 unspecified atom stereocenters. The summed E-state index contributed by atoms with van der Waals surface area (Å²) >= 11 is 1.69. The van der Waals surface area contributed by atoms with Crippen molar-refractivity contribution in [3.8, 4) is 0 Å². The second-order valence-electron chi connectivity index (χ2n) is 5.17. The van der Waals surface area contributed by atoms with E-state index in [1.165, 1.54) is 4.70 Å². The van der Waals surface area contributed by atoms with Crippen LogP contribution in [0.2, 0.25) is 0 Å². The van der Waals surface area contributed by atoms with E-state index in [9.17, 15) is 4.79 Å². The molecule has 108 valence electrons. The standard InChI is InChI=1S/C15H20N2O2S/c1-10(2)17(9-8-14(18)19)11(3)15-16-12-6-4-5-7-13(12)20-15/h4-7,10-11H,8-9H2,1-3H3,(H,18,19). The molecule has 20 heavy (non-hydrogen) atoms. The van der Waals surface area contributed by atoms with E-state index in [1.807, 2.05) is 18.2 Å². The maximum Gasteiger partial charge on any atom is 0.304 e. The van der Waals surface area contributed by atoms with Gasteiger partial charge in [0.25, 0.3) is 0 Å². The molecule has 1 atom stereocenters. The van der Waals surface area contributed by atoms with Crippen LogP contribution in [0.25, 0.3) is 10.2 Å². The molecule has 0 radical (unpaired) electrons. The predicted molar refractivity (Wildman–Crippen MR) is 82.1 cm³/mol. The summed E-state index contributed by atoms with van der Waals surface area (Å²) in [6.45, 7) is 6.82. The molecular weight excluding hydrogens is 272 g/mol. The first-order chi connectivity index (χ1) is 9.49. The van der Waals surface area contributed by atoms with Crippen molar-refractivity contribution in [2.45, 2.75) is 39.3 Å². The molecule has 0 aliphatic rings. The van der Waals surface area contributed by atoms with Gasteiger partial charge in [-0.3, -0.25) is 9.69 Å². The molecular formula is C15H20N2O2S. The first-order valence-corrected chi connectivity index (χ1v) is 7.63. The lowest BCUT2D eigenvalue weighted by atomic mass is 10.2. The number of rotatable bonds is 6. The Morgan fingerprint density at radius 2 is 2.05 bits per heavy atom. The highest BCUT2D eigenvalue weighted by Crippen LogP contribution is 2.30. The molecule has 0 aliphatic carbocycles. The van der Waals surface area contributed by atoms with E-state index in [0.29, 0.717) is 6.54 Å². The van der Waals surface area contributed by atoms with Crippen molar-refractivity contribution >= 4 is 27.5 Å². The van der Waals surface area contributed by atoms with E-state index in [4.69, 9.17) is 5.11 Å². The summed E-state index contributed by atoms with van der Waals surface area (Å²) in [5.74, 6) is -0.757. The lowest BCUT2D eigenvalue weighted by molar-refractivity contribution is -0.137. The van der Waals surface area contributed by atoms with Gasteiger partial charge in [-0.2, -0.15) is 0 Å². The van der Waals surface area contributed by atoms with Gasteiger partial charge < -0.3 is 5.11 Å².